The Morgan fingerprint density at radius 1 is 1.19 bits per heavy atom. The maximum atomic E-state index is 14.2. The van der Waals surface area contributed by atoms with Gasteiger partial charge in [0.2, 0.25) is 0 Å². The van der Waals surface area contributed by atoms with Crippen LogP contribution in [0.15, 0.2) is 60.0 Å². The van der Waals surface area contributed by atoms with E-state index in [1.54, 1.807) is 40.2 Å². The van der Waals surface area contributed by atoms with Crippen LogP contribution in [0.4, 0.5) is 5.82 Å². The number of nitrogens with two attached hydrogens (primary N) is 1. The number of carbonyl (C=O) groups is 1. The Morgan fingerprint density at radius 2 is 2.00 bits per heavy atom. The van der Waals surface area contributed by atoms with E-state index in [9.17, 15) is 9.59 Å². The van der Waals surface area contributed by atoms with E-state index in [0.717, 1.165) is 28.0 Å². The van der Waals surface area contributed by atoms with Gasteiger partial charge in [0, 0.05) is 49.4 Å². The van der Waals surface area contributed by atoms with Crippen LogP contribution < -0.4 is 16.6 Å². The zero-order chi connectivity index (χ0) is 30.2. The molecular formula is C31H30N10O2. The van der Waals surface area contributed by atoms with Crippen LogP contribution in [-0.2, 0) is 20.0 Å². The van der Waals surface area contributed by atoms with Crippen LogP contribution in [0.2, 0.25) is 0 Å². The second-order valence-electron chi connectivity index (χ2n) is 10.4. The number of carbonyl (C=O) groups excluding carboxylic acids is 1. The molecule has 0 unspecified atom stereocenters. The van der Waals surface area contributed by atoms with Crippen LogP contribution in [0.25, 0.3) is 16.4 Å². The average Bonchev–Trinajstić information content (AvgIpc) is 3.70. The number of imidazole rings is 1. The van der Waals surface area contributed by atoms with Crippen molar-refractivity contribution in [3.05, 3.63) is 105 Å². The van der Waals surface area contributed by atoms with Crippen molar-refractivity contribution in [2.24, 2.45) is 7.05 Å². The van der Waals surface area contributed by atoms with Crippen LogP contribution in [0.5, 0.6) is 0 Å². The van der Waals surface area contributed by atoms with Gasteiger partial charge in [0.1, 0.15) is 5.56 Å². The van der Waals surface area contributed by atoms with Crippen LogP contribution >= 0.6 is 0 Å². The van der Waals surface area contributed by atoms with Crippen LogP contribution in [-0.4, -0.2) is 44.8 Å². The van der Waals surface area contributed by atoms with E-state index in [1.807, 2.05) is 52.1 Å². The van der Waals surface area contributed by atoms with E-state index in [1.165, 1.54) is 4.52 Å². The molecule has 0 fully saturated rings. The third-order valence-electron chi connectivity index (χ3n) is 7.55. The fourth-order valence-electron chi connectivity index (χ4n) is 5.12. The molecule has 0 spiro atoms. The topological polar surface area (TPSA) is 154 Å². The number of amides is 1. The van der Waals surface area contributed by atoms with Gasteiger partial charge in [-0.25, -0.2) is 14.5 Å². The van der Waals surface area contributed by atoms with E-state index >= 15 is 0 Å². The molecule has 43 heavy (non-hydrogen) atoms. The van der Waals surface area contributed by atoms with Crippen molar-refractivity contribution in [2.45, 2.75) is 39.8 Å². The first-order chi connectivity index (χ1) is 20.7. The molecule has 0 aliphatic carbocycles. The Bertz CT molecular complexity index is 2120. The summed E-state index contributed by atoms with van der Waals surface area (Å²) in [4.78, 5) is 39.5. The predicted molar refractivity (Wildman–Crippen MR) is 162 cm³/mol. The van der Waals surface area contributed by atoms with Crippen molar-refractivity contribution < 1.29 is 4.79 Å². The van der Waals surface area contributed by atoms with Crippen molar-refractivity contribution in [3.8, 4) is 11.8 Å². The third-order valence-corrected chi connectivity index (χ3v) is 7.55. The normalized spacial score (nSPS) is 11.9. The largest absolute Gasteiger partial charge is 0.381 e. The summed E-state index contributed by atoms with van der Waals surface area (Å²) in [6, 6.07) is 8.74. The molecule has 0 bridgehead atoms. The molecule has 216 valence electrons. The van der Waals surface area contributed by atoms with Crippen LogP contribution in [0.3, 0.4) is 0 Å². The van der Waals surface area contributed by atoms with E-state index in [2.05, 4.69) is 42.3 Å². The van der Waals surface area contributed by atoms with Gasteiger partial charge in [-0.15, -0.1) is 5.10 Å². The fraction of sp³-hybridized carbons (Fsp3) is 0.226. The standard InChI is InChI=1S/C31H30N10O2/c1-18-10-13-41-29(36-18)27(28(32)38-41)30(42)37-19(2)25-14-22-7-5-6-21(8-9-23-15-35-39(4)20(23)3)26(22)31(43)40(25)12-11-24-16-33-17-34-24/h5-7,10,13-17,19H,11-12H2,1-4H3,(H2,32,38)(H,33,34)(H,37,42)/t19-/m1/s1. The molecule has 6 aromatic rings. The van der Waals surface area contributed by atoms with Crippen molar-refractivity contribution in [3.63, 3.8) is 0 Å². The zero-order valence-corrected chi connectivity index (χ0v) is 24.2. The first-order valence-corrected chi connectivity index (χ1v) is 13.8. The van der Waals surface area contributed by atoms with Crippen molar-refractivity contribution in [1.29, 1.82) is 0 Å². The molecule has 6 rings (SSSR count). The Kier molecular flexibility index (Phi) is 6.99. The number of aromatic amines is 1. The second kappa shape index (κ2) is 10.9. The number of anilines is 1. The maximum absolute atomic E-state index is 14.2. The number of benzene rings is 1. The molecule has 0 saturated heterocycles. The summed E-state index contributed by atoms with van der Waals surface area (Å²) in [6.45, 7) is 5.95. The summed E-state index contributed by atoms with van der Waals surface area (Å²) in [5.41, 5.74) is 11.0. The first-order valence-electron chi connectivity index (χ1n) is 13.8. The van der Waals surface area contributed by atoms with Gasteiger partial charge in [-0.1, -0.05) is 24.0 Å². The number of aryl methyl sites for hydroxylation is 3. The Balaban J connectivity index is 1.42. The van der Waals surface area contributed by atoms with Gasteiger partial charge in [0.15, 0.2) is 11.5 Å². The predicted octanol–water partition coefficient (Wildman–Crippen LogP) is 2.83. The van der Waals surface area contributed by atoms with Gasteiger partial charge in [-0.05, 0) is 44.4 Å². The first kappa shape index (κ1) is 27.5. The van der Waals surface area contributed by atoms with Gasteiger partial charge in [0.05, 0.1) is 40.9 Å². The van der Waals surface area contributed by atoms with Crippen molar-refractivity contribution >= 4 is 28.1 Å². The molecule has 0 saturated carbocycles. The highest BCUT2D eigenvalue weighted by Gasteiger charge is 2.24. The molecule has 0 aliphatic rings. The second-order valence-corrected chi connectivity index (χ2v) is 10.4. The lowest BCUT2D eigenvalue weighted by Crippen LogP contribution is -2.33. The summed E-state index contributed by atoms with van der Waals surface area (Å²) < 4.78 is 4.92. The van der Waals surface area contributed by atoms with Crippen LogP contribution in [0, 0.1) is 25.7 Å². The van der Waals surface area contributed by atoms with Crippen molar-refractivity contribution in [2.75, 3.05) is 5.73 Å². The molecule has 0 radical (unpaired) electrons. The highest BCUT2D eigenvalue weighted by Crippen LogP contribution is 2.23. The van der Waals surface area contributed by atoms with Crippen molar-refractivity contribution in [1.82, 2.24) is 44.2 Å². The lowest BCUT2D eigenvalue weighted by atomic mass is 10.0. The number of H-pyrrole nitrogens is 1. The minimum atomic E-state index is -0.560. The number of nitrogens with one attached hydrogen (secondary N) is 2. The quantitative estimate of drug-likeness (QED) is 0.259. The molecule has 12 nitrogen and oxygen atoms in total. The molecule has 1 aromatic carbocycles. The van der Waals surface area contributed by atoms with Gasteiger partial charge < -0.3 is 20.6 Å². The maximum Gasteiger partial charge on any atom is 0.259 e. The van der Waals surface area contributed by atoms with Gasteiger partial charge in [-0.3, -0.25) is 14.3 Å². The average molecular weight is 575 g/mol. The molecule has 5 heterocycles. The number of hydrogen-bond donors (Lipinski definition) is 3. The third kappa shape index (κ3) is 5.12. The molecule has 1 atom stereocenters. The fourth-order valence-corrected chi connectivity index (χ4v) is 5.12. The molecule has 0 aliphatic heterocycles. The number of pyridine rings is 1. The minimum absolute atomic E-state index is 0.0734. The SMILES string of the molecule is Cc1ccn2nc(N)c(C(=O)N[C@H](C)c3cc4cccc(C#Cc5cnn(C)c5C)c4c(=O)n3CCc3c[nH]cn3)c2n1. The summed E-state index contributed by atoms with van der Waals surface area (Å²) in [5.74, 6) is 6.00. The Labute approximate surface area is 246 Å². The number of fused-ring (bicyclic) bond motifs is 2. The minimum Gasteiger partial charge on any atom is -0.381 e. The molecular weight excluding hydrogens is 544 g/mol. The van der Waals surface area contributed by atoms with Gasteiger partial charge in [-0.2, -0.15) is 5.10 Å². The van der Waals surface area contributed by atoms with E-state index in [-0.39, 0.29) is 16.9 Å². The molecule has 5 aromatic heterocycles. The van der Waals surface area contributed by atoms with E-state index in [0.29, 0.717) is 35.3 Å². The lowest BCUT2D eigenvalue weighted by Gasteiger charge is -2.21. The summed E-state index contributed by atoms with van der Waals surface area (Å²) in [5, 5.41) is 12.7. The number of hydrogen-bond acceptors (Lipinski definition) is 7. The zero-order valence-electron chi connectivity index (χ0n) is 24.2. The Morgan fingerprint density at radius 3 is 2.74 bits per heavy atom. The highest BCUT2D eigenvalue weighted by molar-refractivity contribution is 6.04. The number of nitrogens with zero attached hydrogens (tertiary/aromatic N) is 7. The monoisotopic (exact) mass is 574 g/mol. The lowest BCUT2D eigenvalue weighted by molar-refractivity contribution is 0.0940. The summed E-state index contributed by atoms with van der Waals surface area (Å²) in [7, 11) is 1.86. The van der Waals surface area contributed by atoms with E-state index < -0.39 is 11.9 Å². The highest BCUT2D eigenvalue weighted by atomic mass is 16.2. The Hall–Kier alpha value is -5.70. The number of rotatable bonds is 6. The van der Waals surface area contributed by atoms with Gasteiger partial charge in [0.25, 0.3) is 11.5 Å². The molecule has 4 N–H and O–H groups in total. The van der Waals surface area contributed by atoms with Crippen LogP contribution in [0.1, 0.15) is 57.2 Å². The summed E-state index contributed by atoms with van der Waals surface area (Å²) >= 11 is 0. The van der Waals surface area contributed by atoms with Gasteiger partial charge >= 0.3 is 0 Å². The summed E-state index contributed by atoms with van der Waals surface area (Å²) in [6.07, 6.45) is 7.33. The molecule has 12 heteroatoms. The van der Waals surface area contributed by atoms with E-state index in [4.69, 9.17) is 5.73 Å². The number of nitrogen functional groups attached to an aromatic ring is 1. The smallest absolute Gasteiger partial charge is 0.259 e. The molecule has 1 amide bonds. The number of aromatic nitrogens is 8.